The van der Waals surface area contributed by atoms with E-state index in [4.69, 9.17) is 15.2 Å². The van der Waals surface area contributed by atoms with Gasteiger partial charge in [0.2, 0.25) is 65.0 Å². The van der Waals surface area contributed by atoms with Crippen LogP contribution in [0.1, 0.15) is 69.1 Å². The summed E-state index contributed by atoms with van der Waals surface area (Å²) >= 11 is 0. The summed E-state index contributed by atoms with van der Waals surface area (Å²) in [6.07, 6.45) is -18.0. The molecule has 43 heteroatoms. The number of hydrogen-bond donors (Lipinski definition) is 21. The number of phenolic OH excluding ortho intramolecular Hbond substituents is 1. The highest BCUT2D eigenvalue weighted by Gasteiger charge is 2.52. The molecular formula is C68H79F3N14O26. The van der Waals surface area contributed by atoms with Gasteiger partial charge in [-0.1, -0.05) is 61.9 Å². The van der Waals surface area contributed by atoms with Gasteiger partial charge in [-0.25, -0.2) is 4.79 Å². The van der Waals surface area contributed by atoms with Crippen LogP contribution in [0.3, 0.4) is 0 Å². The summed E-state index contributed by atoms with van der Waals surface area (Å²) in [7, 11) is 0. The van der Waals surface area contributed by atoms with Crippen molar-refractivity contribution in [3.63, 3.8) is 0 Å². The molecule has 0 radical (unpaired) electrons. The minimum absolute atomic E-state index is 0.0317. The first-order chi connectivity index (χ1) is 52.3. The molecule has 2 fully saturated rings. The van der Waals surface area contributed by atoms with Gasteiger partial charge < -0.3 is 119 Å². The minimum atomic E-state index is -5.88. The number of benzene rings is 3. The number of carbonyl (C=O) groups excluding carboxylic acids is 13. The molecule has 7 rings (SSSR count). The van der Waals surface area contributed by atoms with Crippen LogP contribution in [0.25, 0.3) is 21.8 Å². The minimum Gasteiger partial charge on any atom is -0.508 e. The van der Waals surface area contributed by atoms with Gasteiger partial charge in [0.1, 0.15) is 72.3 Å². The Bertz CT molecular complexity index is 4360. The lowest BCUT2D eigenvalue weighted by Crippen LogP contribution is -2.64. The molecule has 0 spiro atoms. The van der Waals surface area contributed by atoms with Crippen molar-refractivity contribution in [2.75, 3.05) is 13.2 Å². The molecule has 4 heterocycles. The van der Waals surface area contributed by atoms with Crippen LogP contribution in [0.4, 0.5) is 13.2 Å². The Morgan fingerprint density at radius 1 is 0.586 bits per heavy atom. The number of aromatic hydroxyl groups is 1. The van der Waals surface area contributed by atoms with Crippen LogP contribution < -0.4 is 64.2 Å². The molecule has 5 aromatic rings. The van der Waals surface area contributed by atoms with E-state index in [9.17, 15) is 103 Å². The van der Waals surface area contributed by atoms with E-state index in [-0.39, 0.29) is 27.8 Å². The van der Waals surface area contributed by atoms with Gasteiger partial charge in [-0.2, -0.15) is 13.2 Å². The Labute approximate surface area is 624 Å². The number of aliphatic carboxylic acids is 4. The van der Waals surface area contributed by atoms with Crippen LogP contribution in [-0.4, -0.2) is 251 Å². The lowest BCUT2D eigenvalue weighted by molar-refractivity contribution is -0.192. The van der Waals surface area contributed by atoms with Crippen molar-refractivity contribution in [3.05, 3.63) is 102 Å². The number of ether oxygens (including phenoxy) is 2. The lowest BCUT2D eigenvalue weighted by atomic mass is 9.93. The van der Waals surface area contributed by atoms with E-state index in [0.717, 1.165) is 19.1 Å². The second-order valence-corrected chi connectivity index (χ2v) is 25.8. The zero-order valence-electron chi connectivity index (χ0n) is 58.6. The number of cyclic esters (lactones) is 1. The summed E-state index contributed by atoms with van der Waals surface area (Å²) in [5, 5.41) is 94.2. The summed E-state index contributed by atoms with van der Waals surface area (Å²) in [5.74, 6) is -33.4. The van der Waals surface area contributed by atoms with Gasteiger partial charge >= 0.3 is 36.0 Å². The molecule has 0 aliphatic carbocycles. The third kappa shape index (κ3) is 24.1. The number of nitrogens with two attached hydrogens (primary N) is 1. The number of rotatable bonds is 24. The van der Waals surface area contributed by atoms with Gasteiger partial charge in [0.05, 0.1) is 50.9 Å². The standard InChI is InChI=1S/C68H79F3N14O26/c1-3-8-45-55(111-45)66(108)82-44(27-86)62(104)84-51-28(2)110-67(109)43(19-31-25-74-37-12-7-5-10-34(31)37)81-64(106)52(35(20-47(89)90)68(69,70)71)85-65(107)53(54(97)56(72)98)83-46(88)26-75-57(99)40(21-48(91)92)77-58(100)38(17-29-13-15-32(87)16-14-29)76-60(102)41(22-49(93)94)79-61(103)42(23-50(95)96)78-59(101)39(80-63(51)105)18-30-24-73-36-11-6-4-9-33(30)36/h4-7,9-16,24-25,28,35,38-45,51-55,73-74,86-87,97H,3,8,17-23,26-27H2,1-2H3,(H2,72,98)(H,75,99)(H,76,102)(H,77,100)(H,78,101)(H,79,103)(H,80,105)(H,81,106)(H,82,108)(H,83,88)(H,84,104)(H,85,107)(H,89,90)(H,91,92)(H,93,94)(H,95,96)/t28-,35-,38-,39?,40+,41?,42+,43+,44+,45+,51?,52?,53+,54+,55-/m1/s1. The first-order valence-corrected chi connectivity index (χ1v) is 33.9. The summed E-state index contributed by atoms with van der Waals surface area (Å²) in [5.41, 5.74) is 6.23. The number of para-hydroxylation sites is 2. The van der Waals surface area contributed by atoms with Crippen LogP contribution in [0.2, 0.25) is 0 Å². The Morgan fingerprint density at radius 2 is 1.05 bits per heavy atom. The van der Waals surface area contributed by atoms with Gasteiger partial charge in [0, 0.05) is 53.5 Å². The molecule has 0 saturated carbocycles. The van der Waals surface area contributed by atoms with Gasteiger partial charge in [-0.05, 0) is 54.3 Å². The topological polar surface area (TPSA) is 643 Å². The fourth-order valence-corrected chi connectivity index (χ4v) is 11.8. The van der Waals surface area contributed by atoms with E-state index in [1.807, 2.05) is 21.3 Å². The van der Waals surface area contributed by atoms with Crippen molar-refractivity contribution in [2.24, 2.45) is 11.7 Å². The predicted molar refractivity (Wildman–Crippen MR) is 368 cm³/mol. The number of fused-ring (bicyclic) bond motifs is 2. The summed E-state index contributed by atoms with van der Waals surface area (Å²) in [6.45, 7) is -0.0954. The van der Waals surface area contributed by atoms with Gasteiger partial charge in [-0.15, -0.1) is 0 Å². The Kier molecular flexibility index (Phi) is 29.5. The molecule has 598 valence electrons. The fourth-order valence-electron chi connectivity index (χ4n) is 11.8. The number of halogens is 3. The van der Waals surface area contributed by atoms with Crippen LogP contribution in [0, 0.1) is 5.92 Å². The highest BCUT2D eigenvalue weighted by Crippen LogP contribution is 2.33. The SMILES string of the molecule is CCC[C@@H]1O[C@H]1C(=O)N[C@@H](CO)C(=O)NC1C(=O)NC(Cc2c[nH]c3ccccc23)C(=O)N[C@@H](CC(=O)O)C(=O)NC(CC(=O)O)C(=O)N[C@H](Cc2ccc(O)cc2)C(=O)N[C@@H](CC(=O)O)C(=O)NCC(=O)N[C@@H]([C@H](O)C(N)=O)C(=O)NC([C@@H](CC(=O)O)C(F)(F)F)C(=O)N[C@@H](Cc2c[nH]c3ccccc23)C(=O)O[C@@H]1C. The Hall–Kier alpha value is -12.8. The number of esters is 1. The van der Waals surface area contributed by atoms with Crippen LogP contribution >= 0.6 is 0 Å². The first-order valence-electron chi connectivity index (χ1n) is 33.9. The number of aromatic nitrogens is 2. The molecule has 2 saturated heterocycles. The molecule has 40 nitrogen and oxygen atoms in total. The number of H-pyrrole nitrogens is 2. The highest BCUT2D eigenvalue weighted by molar-refractivity contribution is 6.02. The monoisotopic (exact) mass is 1560 g/mol. The van der Waals surface area contributed by atoms with E-state index >= 15 is 27.6 Å². The number of carboxylic acid groups (broad SMARTS) is 4. The number of aliphatic hydroxyl groups excluding tert-OH is 2. The van der Waals surface area contributed by atoms with E-state index < -0.39 is 256 Å². The van der Waals surface area contributed by atoms with Gasteiger partial charge in [0.15, 0.2) is 12.2 Å². The normalized spacial score (nSPS) is 24.1. The number of nitrogens with one attached hydrogen (secondary N) is 13. The largest absolute Gasteiger partial charge is 0.508 e. The van der Waals surface area contributed by atoms with E-state index in [1.165, 1.54) is 54.1 Å². The van der Waals surface area contributed by atoms with Gasteiger partial charge in [0.25, 0.3) is 5.91 Å². The van der Waals surface area contributed by atoms with Crippen molar-refractivity contribution in [1.82, 2.24) is 68.5 Å². The number of hydrogen-bond acceptors (Lipinski definition) is 22. The summed E-state index contributed by atoms with van der Waals surface area (Å²) < 4.78 is 57.4. The van der Waals surface area contributed by atoms with Crippen molar-refractivity contribution in [2.45, 2.75) is 163 Å². The highest BCUT2D eigenvalue weighted by atomic mass is 19.4. The molecule has 12 amide bonds. The van der Waals surface area contributed by atoms with Gasteiger partial charge in [-0.3, -0.25) is 76.7 Å². The number of aromatic amines is 2. The number of amides is 12. The van der Waals surface area contributed by atoms with E-state index in [0.29, 0.717) is 29.3 Å². The number of primary amides is 1. The number of carboxylic acids is 4. The maximum atomic E-state index is 15.4. The predicted octanol–water partition coefficient (Wildman–Crippen LogP) is -5.22. The van der Waals surface area contributed by atoms with Crippen LogP contribution in [-0.2, 0) is 110 Å². The molecule has 22 N–H and O–H groups in total. The van der Waals surface area contributed by atoms with Crippen LogP contribution in [0.15, 0.2) is 85.2 Å². The average Bonchev–Trinajstić information content (AvgIpc) is 1.69. The number of epoxide rings is 1. The third-order valence-corrected chi connectivity index (χ3v) is 17.5. The molecular weight excluding hydrogens is 1490 g/mol. The zero-order valence-corrected chi connectivity index (χ0v) is 58.6. The molecule has 4 unspecified atom stereocenters. The smallest absolute Gasteiger partial charge is 0.394 e. The molecule has 2 aliphatic heterocycles. The number of aliphatic hydroxyl groups is 2. The quantitative estimate of drug-likeness (QED) is 0.0203. The Balaban J connectivity index is 1.40. The molecule has 2 aliphatic rings. The van der Waals surface area contributed by atoms with Crippen LogP contribution in [0.5, 0.6) is 5.75 Å². The molecule has 15 atom stereocenters. The summed E-state index contributed by atoms with van der Waals surface area (Å²) in [6, 6.07) is -7.74. The van der Waals surface area contributed by atoms with Crippen molar-refractivity contribution >= 4 is 123 Å². The molecule has 0 bridgehead atoms. The third-order valence-electron chi connectivity index (χ3n) is 17.5. The number of alkyl halides is 3. The average molecular weight is 1570 g/mol. The summed E-state index contributed by atoms with van der Waals surface area (Å²) in [4.78, 5) is 241. The molecule has 2 aromatic heterocycles. The zero-order chi connectivity index (χ0) is 81.9. The molecule has 3 aromatic carbocycles. The maximum Gasteiger partial charge on any atom is 0.394 e. The van der Waals surface area contributed by atoms with E-state index in [2.05, 4.69) is 36.6 Å². The number of carbonyl (C=O) groups is 17. The first kappa shape index (κ1) is 85.4. The Morgan fingerprint density at radius 3 is 1.55 bits per heavy atom. The van der Waals surface area contributed by atoms with Crippen molar-refractivity contribution < 1.29 is 140 Å². The fraction of sp³-hybridized carbons (Fsp3) is 0.426. The van der Waals surface area contributed by atoms with E-state index in [1.54, 1.807) is 36.5 Å². The van der Waals surface area contributed by atoms with Crippen molar-refractivity contribution in [1.29, 1.82) is 0 Å². The number of phenols is 1. The lowest BCUT2D eigenvalue weighted by Gasteiger charge is -2.32. The second-order valence-electron chi connectivity index (χ2n) is 25.8. The second kappa shape index (κ2) is 38.3. The molecule has 111 heavy (non-hydrogen) atoms. The van der Waals surface area contributed by atoms with Crippen molar-refractivity contribution in [3.8, 4) is 5.75 Å². The maximum absolute atomic E-state index is 15.4.